The van der Waals surface area contributed by atoms with E-state index in [1.807, 2.05) is 0 Å². The third kappa shape index (κ3) is 5.77. The Balaban J connectivity index is 2.05. The maximum atomic E-state index is 12.8. The minimum absolute atomic E-state index is 0.216. The molecule has 1 heterocycles. The molecular weight excluding hydrogens is 331 g/mol. The van der Waals surface area contributed by atoms with Crippen LogP contribution in [0.5, 0.6) is 0 Å². The summed E-state index contributed by atoms with van der Waals surface area (Å²) in [6, 6.07) is 7.98. The number of hydrogen-bond donors (Lipinski definition) is 2. The number of nitrogens with zero attached hydrogens (tertiary/aromatic N) is 1. The van der Waals surface area contributed by atoms with Crippen LogP contribution in [0.3, 0.4) is 0 Å². The van der Waals surface area contributed by atoms with Gasteiger partial charge in [-0.2, -0.15) is 13.2 Å². The van der Waals surface area contributed by atoms with Crippen LogP contribution in [-0.2, 0) is 6.18 Å². The second-order valence-corrected chi connectivity index (χ2v) is 5.60. The van der Waals surface area contributed by atoms with Gasteiger partial charge in [0.1, 0.15) is 5.69 Å². The molecule has 0 saturated carbocycles. The van der Waals surface area contributed by atoms with Crippen molar-refractivity contribution in [2.45, 2.75) is 32.4 Å². The van der Waals surface area contributed by atoms with E-state index < -0.39 is 11.7 Å². The molecule has 2 N–H and O–H groups in total. The number of pyridine rings is 1. The zero-order valence-electron chi connectivity index (χ0n) is 13.9. The second-order valence-electron chi connectivity index (χ2n) is 5.60. The number of amides is 1. The molecule has 2 rings (SSSR count). The largest absolute Gasteiger partial charge is 0.416 e. The number of anilines is 2. The molecule has 4 nitrogen and oxygen atoms in total. The van der Waals surface area contributed by atoms with Crippen molar-refractivity contribution in [3.8, 4) is 0 Å². The smallest absolute Gasteiger partial charge is 0.355 e. The molecule has 0 bridgehead atoms. The van der Waals surface area contributed by atoms with E-state index in [0.29, 0.717) is 12.2 Å². The summed E-state index contributed by atoms with van der Waals surface area (Å²) < 4.78 is 38.3. The third-order valence-corrected chi connectivity index (χ3v) is 3.54. The molecule has 1 aromatic carbocycles. The highest BCUT2D eigenvalue weighted by Gasteiger charge is 2.30. The van der Waals surface area contributed by atoms with Crippen molar-refractivity contribution < 1.29 is 18.0 Å². The van der Waals surface area contributed by atoms with Gasteiger partial charge in [0.15, 0.2) is 0 Å². The number of carbonyl (C=O) groups excluding carboxylic acids is 1. The van der Waals surface area contributed by atoms with Crippen LogP contribution >= 0.6 is 0 Å². The van der Waals surface area contributed by atoms with Crippen LogP contribution in [0, 0.1) is 0 Å². The number of rotatable bonds is 7. The predicted molar refractivity (Wildman–Crippen MR) is 90.8 cm³/mol. The first-order chi connectivity index (χ1) is 11.9. The average molecular weight is 351 g/mol. The third-order valence-electron chi connectivity index (χ3n) is 3.54. The van der Waals surface area contributed by atoms with Gasteiger partial charge in [0.2, 0.25) is 0 Å². The SMILES string of the molecule is CCCCCNC(=O)c1cc(Nc2cccc(C(F)(F)F)c2)ccn1. The Morgan fingerprint density at radius 1 is 1.12 bits per heavy atom. The molecule has 0 aliphatic heterocycles. The van der Waals surface area contributed by atoms with Crippen LogP contribution in [0.15, 0.2) is 42.6 Å². The highest BCUT2D eigenvalue weighted by molar-refractivity contribution is 5.93. The summed E-state index contributed by atoms with van der Waals surface area (Å²) in [4.78, 5) is 16.1. The lowest BCUT2D eigenvalue weighted by Crippen LogP contribution is -2.25. The van der Waals surface area contributed by atoms with E-state index in [1.54, 1.807) is 6.07 Å². The summed E-state index contributed by atoms with van der Waals surface area (Å²) in [5.74, 6) is -0.302. The molecule has 0 unspecified atom stereocenters. The van der Waals surface area contributed by atoms with Crippen LogP contribution in [0.4, 0.5) is 24.5 Å². The summed E-state index contributed by atoms with van der Waals surface area (Å²) in [5, 5.41) is 5.64. The molecule has 7 heteroatoms. The number of aromatic nitrogens is 1. The molecule has 1 amide bonds. The van der Waals surface area contributed by atoms with Crippen molar-refractivity contribution in [3.05, 3.63) is 53.9 Å². The fraction of sp³-hybridized carbons (Fsp3) is 0.333. The van der Waals surface area contributed by atoms with E-state index in [0.717, 1.165) is 31.4 Å². The fourth-order valence-corrected chi connectivity index (χ4v) is 2.24. The minimum atomic E-state index is -4.40. The van der Waals surface area contributed by atoms with E-state index >= 15 is 0 Å². The Bertz CT molecular complexity index is 717. The van der Waals surface area contributed by atoms with Gasteiger partial charge in [-0.3, -0.25) is 9.78 Å². The van der Waals surface area contributed by atoms with Crippen LogP contribution < -0.4 is 10.6 Å². The van der Waals surface area contributed by atoms with Gasteiger partial charge < -0.3 is 10.6 Å². The molecule has 0 radical (unpaired) electrons. The molecule has 0 spiro atoms. The molecule has 1 aromatic heterocycles. The Morgan fingerprint density at radius 3 is 2.60 bits per heavy atom. The van der Waals surface area contributed by atoms with E-state index in [4.69, 9.17) is 0 Å². The van der Waals surface area contributed by atoms with E-state index in [1.165, 1.54) is 24.4 Å². The lowest BCUT2D eigenvalue weighted by molar-refractivity contribution is -0.137. The van der Waals surface area contributed by atoms with Crippen molar-refractivity contribution in [1.29, 1.82) is 0 Å². The molecule has 2 aromatic rings. The van der Waals surface area contributed by atoms with Gasteiger partial charge >= 0.3 is 6.18 Å². The van der Waals surface area contributed by atoms with Gasteiger partial charge in [0, 0.05) is 24.1 Å². The molecule has 0 aliphatic carbocycles. The quantitative estimate of drug-likeness (QED) is 0.707. The highest BCUT2D eigenvalue weighted by Crippen LogP contribution is 2.31. The first-order valence-electron chi connectivity index (χ1n) is 8.08. The Hall–Kier alpha value is -2.57. The number of carbonyl (C=O) groups is 1. The lowest BCUT2D eigenvalue weighted by Gasteiger charge is -2.11. The number of hydrogen-bond acceptors (Lipinski definition) is 3. The Labute approximate surface area is 144 Å². The molecule has 0 saturated heterocycles. The first kappa shape index (κ1) is 18.8. The van der Waals surface area contributed by atoms with Crippen molar-refractivity contribution in [1.82, 2.24) is 10.3 Å². The molecule has 25 heavy (non-hydrogen) atoms. The number of alkyl halides is 3. The van der Waals surface area contributed by atoms with Gasteiger partial charge in [0.25, 0.3) is 5.91 Å². The van der Waals surface area contributed by atoms with Crippen molar-refractivity contribution in [3.63, 3.8) is 0 Å². The Morgan fingerprint density at radius 2 is 1.88 bits per heavy atom. The summed E-state index contributed by atoms with van der Waals surface area (Å²) >= 11 is 0. The van der Waals surface area contributed by atoms with Crippen LogP contribution in [0.1, 0.15) is 42.2 Å². The monoisotopic (exact) mass is 351 g/mol. The van der Waals surface area contributed by atoms with Gasteiger partial charge in [-0.1, -0.05) is 25.8 Å². The number of halogens is 3. The zero-order chi connectivity index (χ0) is 18.3. The van der Waals surface area contributed by atoms with Crippen molar-refractivity contribution in [2.75, 3.05) is 11.9 Å². The maximum absolute atomic E-state index is 12.8. The van der Waals surface area contributed by atoms with E-state index in [9.17, 15) is 18.0 Å². The standard InChI is InChI=1S/C18H20F3N3O/c1-2-3-4-9-23-17(25)16-12-15(8-10-22-16)24-14-7-5-6-13(11-14)18(19,20)21/h5-8,10-12H,2-4,9H2,1H3,(H,22,24)(H,23,25). The van der Waals surface area contributed by atoms with Crippen LogP contribution in [0.25, 0.3) is 0 Å². The number of unbranched alkanes of at least 4 members (excludes halogenated alkanes) is 2. The molecule has 0 atom stereocenters. The molecule has 0 fully saturated rings. The number of benzene rings is 1. The Kier molecular flexibility index (Phi) is 6.38. The van der Waals surface area contributed by atoms with E-state index in [2.05, 4.69) is 22.5 Å². The number of nitrogens with one attached hydrogen (secondary N) is 2. The van der Waals surface area contributed by atoms with Gasteiger partial charge in [0.05, 0.1) is 5.56 Å². The summed E-state index contributed by atoms with van der Waals surface area (Å²) in [6.45, 7) is 2.64. The van der Waals surface area contributed by atoms with Gasteiger partial charge in [-0.15, -0.1) is 0 Å². The normalized spacial score (nSPS) is 11.2. The first-order valence-corrected chi connectivity index (χ1v) is 8.08. The van der Waals surface area contributed by atoms with E-state index in [-0.39, 0.29) is 17.3 Å². The summed E-state index contributed by atoms with van der Waals surface area (Å²) in [6.07, 6.45) is 0.0240. The summed E-state index contributed by atoms with van der Waals surface area (Å²) in [5.41, 5.74) is 0.261. The van der Waals surface area contributed by atoms with Crippen molar-refractivity contribution in [2.24, 2.45) is 0 Å². The predicted octanol–water partition coefficient (Wildman–Crippen LogP) is 4.76. The molecular formula is C18H20F3N3O. The van der Waals surface area contributed by atoms with Gasteiger partial charge in [-0.25, -0.2) is 0 Å². The topological polar surface area (TPSA) is 54.0 Å². The average Bonchev–Trinajstić information content (AvgIpc) is 2.58. The second kappa shape index (κ2) is 8.50. The lowest BCUT2D eigenvalue weighted by atomic mass is 10.2. The molecule has 0 aliphatic rings. The fourth-order valence-electron chi connectivity index (χ4n) is 2.24. The molecule has 134 valence electrons. The summed E-state index contributed by atoms with van der Waals surface area (Å²) in [7, 11) is 0. The van der Waals surface area contributed by atoms with Crippen molar-refractivity contribution >= 4 is 17.3 Å². The zero-order valence-corrected chi connectivity index (χ0v) is 13.9. The maximum Gasteiger partial charge on any atom is 0.416 e. The van der Waals surface area contributed by atoms with Crippen LogP contribution in [-0.4, -0.2) is 17.4 Å². The highest BCUT2D eigenvalue weighted by atomic mass is 19.4. The van der Waals surface area contributed by atoms with Crippen LogP contribution in [0.2, 0.25) is 0 Å². The van der Waals surface area contributed by atoms with Gasteiger partial charge in [-0.05, 0) is 36.8 Å². The minimum Gasteiger partial charge on any atom is -0.355 e.